The zero-order chi connectivity index (χ0) is 45.3. The summed E-state index contributed by atoms with van der Waals surface area (Å²) in [5, 5.41) is 29.6. The number of aromatic nitrogens is 10. The molecule has 1 aliphatic rings. The lowest BCUT2D eigenvalue weighted by Gasteiger charge is -2.14. The van der Waals surface area contributed by atoms with Gasteiger partial charge in [0.25, 0.3) is 0 Å². The predicted molar refractivity (Wildman–Crippen MR) is 240 cm³/mol. The van der Waals surface area contributed by atoms with E-state index in [2.05, 4.69) is 26.2 Å². The monoisotopic (exact) mass is 904 g/mol. The van der Waals surface area contributed by atoms with E-state index in [-0.39, 0.29) is 35.5 Å². The number of aryl methyl sites for hydroxylation is 2. The first kappa shape index (κ1) is 40.7. The van der Waals surface area contributed by atoms with Crippen molar-refractivity contribution in [3.63, 3.8) is 0 Å². The van der Waals surface area contributed by atoms with Crippen LogP contribution in [-0.2, 0) is 27.2 Å². The smallest absolute Gasteiger partial charge is 0.337 e. The Morgan fingerprint density at radius 2 is 1.12 bits per heavy atom. The van der Waals surface area contributed by atoms with Gasteiger partial charge in [0, 0.05) is 67.1 Å². The van der Waals surface area contributed by atoms with Gasteiger partial charge in [0.05, 0.1) is 85.8 Å². The van der Waals surface area contributed by atoms with Gasteiger partial charge in [-0.3, -0.25) is 38.1 Å². The Balaban J connectivity index is 0.000000154. The summed E-state index contributed by atoms with van der Waals surface area (Å²) in [5.41, 5.74) is 0.146. The molecule has 20 heteroatoms. The first-order valence-electron chi connectivity index (χ1n) is 19.8. The van der Waals surface area contributed by atoms with E-state index >= 15 is 0 Å². The molecule has 0 N–H and O–H groups in total. The van der Waals surface area contributed by atoms with Crippen LogP contribution in [0.2, 0.25) is 10.0 Å². The molecule has 8 heterocycles. The molecular weight excluding hydrogens is 875 g/mol. The van der Waals surface area contributed by atoms with Gasteiger partial charge in [0.2, 0.25) is 11.2 Å². The lowest BCUT2D eigenvalue weighted by Crippen LogP contribution is -2.40. The van der Waals surface area contributed by atoms with Crippen LogP contribution in [0.25, 0.3) is 78.0 Å². The van der Waals surface area contributed by atoms with E-state index in [1.165, 1.54) is 21.5 Å². The van der Waals surface area contributed by atoms with Crippen LogP contribution in [0.3, 0.4) is 0 Å². The highest BCUT2D eigenvalue weighted by Gasteiger charge is 2.44. The minimum absolute atomic E-state index is 0.00225. The van der Waals surface area contributed by atoms with Gasteiger partial charge < -0.3 is 8.83 Å². The second-order valence-electron chi connectivity index (χ2n) is 15.4. The number of fused-ring (bicyclic) bond motifs is 4. The molecule has 0 unspecified atom stereocenters. The summed E-state index contributed by atoms with van der Waals surface area (Å²) >= 11 is 12.6. The van der Waals surface area contributed by atoms with Crippen molar-refractivity contribution in [2.45, 2.75) is 25.9 Å². The van der Waals surface area contributed by atoms with Crippen LogP contribution in [0.5, 0.6) is 0 Å². The molecule has 0 saturated heterocycles. The van der Waals surface area contributed by atoms with E-state index < -0.39 is 27.9 Å². The van der Waals surface area contributed by atoms with Crippen LogP contribution in [0.4, 0.5) is 0 Å². The first-order valence-corrected chi connectivity index (χ1v) is 20.6. The number of nitrogens with zero attached hydrogens (tertiary/aromatic N) is 12. The standard InChI is InChI=1S/C24H17ClN6O3.C21H13ClN6O3/c1-29-20-14(10-28-29)9-27-11-18(20)31-22(32)21-17(30(23(31)33)13-24(12-26)6-7-24)8-19(34-21)15-4-2-3-5-16(15)25;1-26-18-12(10-25-26)9-24-11-16(18)28-20(29)19-15(27(7-6-23)21(28)30)8-17(31-19)13-4-2-3-5-14(13)22/h2-5,8-11H,6-7,13H2,1H3;2-5,8-11H,7H2,1H3. The Morgan fingerprint density at radius 3 is 1.57 bits per heavy atom. The van der Waals surface area contributed by atoms with Crippen molar-refractivity contribution in [2.75, 3.05) is 0 Å². The van der Waals surface area contributed by atoms with E-state index in [1.807, 2.05) is 12.1 Å². The molecule has 2 aromatic carbocycles. The Bertz CT molecular complexity index is 3940. The molecular formula is C45H30Cl2N12O6. The zero-order valence-electron chi connectivity index (χ0n) is 34.1. The quantitative estimate of drug-likeness (QED) is 0.167. The third-order valence-corrected chi connectivity index (χ3v) is 12.1. The first-order chi connectivity index (χ1) is 31.4. The molecule has 0 amide bonds. The largest absolute Gasteiger partial charge is 0.449 e. The van der Waals surface area contributed by atoms with Crippen LogP contribution >= 0.6 is 23.2 Å². The Kier molecular flexibility index (Phi) is 9.71. The summed E-state index contributed by atoms with van der Waals surface area (Å²) in [4.78, 5) is 62.5. The fourth-order valence-corrected chi connectivity index (χ4v) is 8.45. The average molecular weight is 906 g/mol. The van der Waals surface area contributed by atoms with Gasteiger partial charge in [-0.1, -0.05) is 47.5 Å². The maximum absolute atomic E-state index is 13.8. The number of benzene rings is 2. The molecule has 11 rings (SSSR count). The lowest BCUT2D eigenvalue weighted by atomic mass is 10.1. The van der Waals surface area contributed by atoms with Crippen molar-refractivity contribution < 1.29 is 8.83 Å². The van der Waals surface area contributed by atoms with Gasteiger partial charge in [-0.15, -0.1) is 0 Å². The molecule has 0 aliphatic heterocycles. The Morgan fingerprint density at radius 1 is 0.662 bits per heavy atom. The molecule has 1 aliphatic carbocycles. The fourth-order valence-electron chi connectivity index (χ4n) is 7.99. The molecule has 0 bridgehead atoms. The minimum Gasteiger partial charge on any atom is -0.449 e. The number of rotatable bonds is 7. The number of hydrogen-bond donors (Lipinski definition) is 0. The van der Waals surface area contributed by atoms with E-state index in [1.54, 1.807) is 103 Å². The average Bonchev–Trinajstić information content (AvgIpc) is 3.68. The highest BCUT2D eigenvalue weighted by atomic mass is 35.5. The van der Waals surface area contributed by atoms with Crippen molar-refractivity contribution in [3.05, 3.63) is 150 Å². The Labute approximate surface area is 374 Å². The van der Waals surface area contributed by atoms with Gasteiger partial charge >= 0.3 is 22.5 Å². The topological polar surface area (TPSA) is 223 Å². The lowest BCUT2D eigenvalue weighted by molar-refractivity contribution is 0.509. The maximum atomic E-state index is 13.8. The third kappa shape index (κ3) is 6.62. The number of halogens is 2. The fraction of sp³-hybridized carbons (Fsp3) is 0.156. The molecule has 1 fully saturated rings. The van der Waals surface area contributed by atoms with Gasteiger partial charge in [-0.05, 0) is 37.1 Å². The van der Waals surface area contributed by atoms with E-state index in [0.717, 1.165) is 9.13 Å². The van der Waals surface area contributed by atoms with Crippen LogP contribution in [-0.4, -0.2) is 47.8 Å². The minimum atomic E-state index is -0.680. The van der Waals surface area contributed by atoms with Crippen molar-refractivity contribution in [2.24, 2.45) is 19.5 Å². The summed E-state index contributed by atoms with van der Waals surface area (Å²) < 4.78 is 19.7. The van der Waals surface area contributed by atoms with Gasteiger partial charge in [0.15, 0.2) is 0 Å². The summed E-state index contributed by atoms with van der Waals surface area (Å²) in [6, 6.07) is 21.6. The van der Waals surface area contributed by atoms with Crippen LogP contribution < -0.4 is 22.5 Å². The molecule has 320 valence electrons. The molecule has 8 aromatic heterocycles. The van der Waals surface area contributed by atoms with Crippen LogP contribution in [0.1, 0.15) is 12.8 Å². The highest BCUT2D eigenvalue weighted by molar-refractivity contribution is 6.33. The van der Waals surface area contributed by atoms with Crippen LogP contribution in [0, 0.1) is 28.1 Å². The summed E-state index contributed by atoms with van der Waals surface area (Å²) in [5.74, 6) is 0.681. The SMILES string of the molecule is Cn1ncc2cncc(-n3c(=O)c4oc(-c5ccccc5Cl)cc4n(CC#N)c3=O)c21.Cn1ncc2cncc(-n3c(=O)c4oc(-c5ccccc5Cl)cc4n(CC4(C#N)CC4)c3=O)c21. The molecule has 10 aromatic rings. The number of furan rings is 2. The van der Waals surface area contributed by atoms with Crippen molar-refractivity contribution in [1.82, 2.24) is 47.8 Å². The van der Waals surface area contributed by atoms with Gasteiger partial charge in [-0.25, -0.2) is 18.7 Å². The second kappa shape index (κ2) is 15.5. The molecule has 0 spiro atoms. The van der Waals surface area contributed by atoms with E-state index in [4.69, 9.17) is 32.0 Å². The second-order valence-corrected chi connectivity index (χ2v) is 16.2. The van der Waals surface area contributed by atoms with Crippen LogP contribution in [0.15, 0.2) is 126 Å². The number of pyridine rings is 2. The predicted octanol–water partition coefficient (Wildman–Crippen LogP) is 6.52. The van der Waals surface area contributed by atoms with Crippen molar-refractivity contribution in [3.8, 4) is 46.2 Å². The third-order valence-electron chi connectivity index (χ3n) is 11.4. The summed E-state index contributed by atoms with van der Waals surface area (Å²) in [7, 11) is 3.43. The summed E-state index contributed by atoms with van der Waals surface area (Å²) in [6.45, 7) is -0.124. The zero-order valence-corrected chi connectivity index (χ0v) is 35.6. The van der Waals surface area contributed by atoms with Crippen molar-refractivity contribution in [1.29, 1.82) is 10.5 Å². The molecule has 0 radical (unpaired) electrons. The maximum Gasteiger partial charge on any atom is 0.337 e. The van der Waals surface area contributed by atoms with Gasteiger partial charge in [0.1, 0.15) is 18.1 Å². The number of hydrogen-bond acceptors (Lipinski definition) is 12. The normalized spacial score (nSPS) is 13.0. The van der Waals surface area contributed by atoms with Gasteiger partial charge in [-0.2, -0.15) is 20.7 Å². The number of nitriles is 2. The Hall–Kier alpha value is -8.32. The molecule has 1 saturated carbocycles. The van der Waals surface area contributed by atoms with E-state index in [9.17, 15) is 29.7 Å². The van der Waals surface area contributed by atoms with E-state index in [0.29, 0.717) is 78.5 Å². The molecule has 65 heavy (non-hydrogen) atoms. The molecule has 18 nitrogen and oxygen atoms in total. The highest BCUT2D eigenvalue weighted by Crippen LogP contribution is 2.46. The molecule has 0 atom stereocenters. The van der Waals surface area contributed by atoms with Crippen molar-refractivity contribution >= 4 is 67.2 Å². The summed E-state index contributed by atoms with van der Waals surface area (Å²) in [6.07, 6.45) is 10.6.